The van der Waals surface area contributed by atoms with Gasteiger partial charge in [0.15, 0.2) is 5.78 Å². The average molecular weight is 358 g/mol. The first-order valence-electron chi connectivity index (χ1n) is 9.19. The van der Waals surface area contributed by atoms with E-state index in [4.69, 9.17) is 4.98 Å². The van der Waals surface area contributed by atoms with Crippen LogP contribution in [0.3, 0.4) is 0 Å². The minimum Gasteiger partial charge on any atom is -0.326 e. The second kappa shape index (κ2) is 7.19. The van der Waals surface area contributed by atoms with E-state index in [1.807, 2.05) is 31.2 Å². The summed E-state index contributed by atoms with van der Waals surface area (Å²) in [4.78, 5) is 23.1. The van der Waals surface area contributed by atoms with Crippen molar-refractivity contribution in [1.29, 1.82) is 0 Å². The molecule has 0 fully saturated rings. The highest BCUT2D eigenvalue weighted by molar-refractivity contribution is 5.95. The maximum absolute atomic E-state index is 11.6. The zero-order chi connectivity index (χ0) is 18.8. The van der Waals surface area contributed by atoms with Crippen LogP contribution in [0.2, 0.25) is 0 Å². The second-order valence-corrected chi connectivity index (χ2v) is 6.84. The van der Waals surface area contributed by atoms with Gasteiger partial charge in [0.25, 0.3) is 0 Å². The lowest BCUT2D eigenvalue weighted by Crippen LogP contribution is -2.25. The Balaban J connectivity index is 1.67. The molecule has 3 aromatic rings. The number of fused-ring (bicyclic) bond motifs is 1. The molecule has 0 bridgehead atoms. The Morgan fingerprint density at radius 3 is 2.78 bits per heavy atom. The van der Waals surface area contributed by atoms with E-state index < -0.39 is 0 Å². The average Bonchev–Trinajstić information content (AvgIpc) is 2.67. The molecular formula is C22H22N4O. The Hall–Kier alpha value is -3.21. The Bertz CT molecular complexity index is 999. The van der Waals surface area contributed by atoms with Crippen LogP contribution >= 0.6 is 0 Å². The lowest BCUT2D eigenvalue weighted by Gasteiger charge is -2.30. The number of rotatable bonds is 4. The summed E-state index contributed by atoms with van der Waals surface area (Å²) in [5, 5.41) is 3.24. The van der Waals surface area contributed by atoms with Crippen molar-refractivity contribution < 1.29 is 4.79 Å². The summed E-state index contributed by atoms with van der Waals surface area (Å²) in [7, 11) is 0. The molecule has 0 spiro atoms. The van der Waals surface area contributed by atoms with Crippen LogP contribution in [0.1, 0.15) is 35.0 Å². The number of nitrogens with zero attached hydrogens (tertiary/aromatic N) is 3. The molecule has 4 rings (SSSR count). The Kier molecular flexibility index (Phi) is 4.59. The molecule has 0 saturated heterocycles. The molecule has 27 heavy (non-hydrogen) atoms. The van der Waals surface area contributed by atoms with E-state index >= 15 is 0 Å². The third-order valence-electron chi connectivity index (χ3n) is 4.75. The van der Waals surface area contributed by atoms with E-state index in [0.717, 1.165) is 36.6 Å². The monoisotopic (exact) mass is 358 g/mol. The zero-order valence-electron chi connectivity index (χ0n) is 15.6. The molecule has 0 saturated carbocycles. The quantitative estimate of drug-likeness (QED) is 0.678. The molecule has 1 aliphatic heterocycles. The highest BCUT2D eigenvalue weighted by Crippen LogP contribution is 2.33. The van der Waals surface area contributed by atoms with E-state index in [0.29, 0.717) is 11.5 Å². The number of ketones is 1. The fourth-order valence-electron chi connectivity index (χ4n) is 3.46. The molecule has 1 aliphatic rings. The number of nitrogens with one attached hydrogen (secondary N) is 1. The fraction of sp³-hybridized carbons (Fsp3) is 0.227. The molecule has 136 valence electrons. The molecule has 5 heteroatoms. The molecule has 1 aromatic heterocycles. The van der Waals surface area contributed by atoms with Crippen LogP contribution in [0.15, 0.2) is 54.6 Å². The number of carbonyl (C=O) groups excluding carboxylic acids is 1. The maximum atomic E-state index is 11.6. The second-order valence-electron chi connectivity index (χ2n) is 6.84. The van der Waals surface area contributed by atoms with Crippen LogP contribution in [-0.4, -0.2) is 22.3 Å². The SMILES string of the molecule is CC(=O)c1cccc(Nc2nc(C)cc(N3CCCc4ccccc43)n2)c1. The molecular weight excluding hydrogens is 336 g/mol. The van der Waals surface area contributed by atoms with Crippen LogP contribution in [0.25, 0.3) is 0 Å². The summed E-state index contributed by atoms with van der Waals surface area (Å²) >= 11 is 0. The van der Waals surface area contributed by atoms with Crippen molar-refractivity contribution in [2.75, 3.05) is 16.8 Å². The summed E-state index contributed by atoms with van der Waals surface area (Å²) in [6.45, 7) is 4.47. The molecule has 0 unspecified atom stereocenters. The van der Waals surface area contributed by atoms with Gasteiger partial charge in [-0.1, -0.05) is 30.3 Å². The van der Waals surface area contributed by atoms with Crippen LogP contribution in [0, 0.1) is 6.92 Å². The standard InChI is InChI=1S/C22H22N4O/c1-15-13-21(26-12-6-9-17-7-3-4-11-20(17)26)25-22(23-15)24-19-10-5-8-18(14-19)16(2)27/h3-5,7-8,10-11,13-14H,6,9,12H2,1-2H3,(H,23,24,25). The summed E-state index contributed by atoms with van der Waals surface area (Å²) in [5.74, 6) is 1.46. The van der Waals surface area contributed by atoms with Gasteiger partial charge in [0, 0.05) is 35.2 Å². The van der Waals surface area contributed by atoms with Gasteiger partial charge in [-0.25, -0.2) is 4.98 Å². The van der Waals surface area contributed by atoms with Gasteiger partial charge in [0.2, 0.25) is 5.95 Å². The first-order chi connectivity index (χ1) is 13.1. The molecule has 0 amide bonds. The predicted octanol–water partition coefficient (Wildman–Crippen LogP) is 4.82. The van der Waals surface area contributed by atoms with Gasteiger partial charge in [-0.15, -0.1) is 0 Å². The zero-order valence-corrected chi connectivity index (χ0v) is 15.6. The van der Waals surface area contributed by atoms with E-state index in [1.54, 1.807) is 13.0 Å². The molecule has 0 atom stereocenters. The topological polar surface area (TPSA) is 58.1 Å². The van der Waals surface area contributed by atoms with E-state index in [-0.39, 0.29) is 5.78 Å². The molecule has 0 aliphatic carbocycles. The minimum absolute atomic E-state index is 0.0365. The number of aryl methyl sites for hydroxylation is 2. The van der Waals surface area contributed by atoms with E-state index in [2.05, 4.69) is 39.5 Å². The Morgan fingerprint density at radius 2 is 1.93 bits per heavy atom. The largest absolute Gasteiger partial charge is 0.326 e. The first-order valence-corrected chi connectivity index (χ1v) is 9.19. The van der Waals surface area contributed by atoms with Crippen LogP contribution < -0.4 is 10.2 Å². The predicted molar refractivity (Wildman–Crippen MR) is 108 cm³/mol. The van der Waals surface area contributed by atoms with Crippen molar-refractivity contribution in [2.24, 2.45) is 0 Å². The third kappa shape index (κ3) is 3.67. The van der Waals surface area contributed by atoms with Crippen molar-refractivity contribution >= 4 is 28.9 Å². The van der Waals surface area contributed by atoms with Crippen molar-refractivity contribution in [2.45, 2.75) is 26.7 Å². The van der Waals surface area contributed by atoms with E-state index in [1.165, 1.54) is 11.3 Å². The third-order valence-corrected chi connectivity index (χ3v) is 4.75. The fourth-order valence-corrected chi connectivity index (χ4v) is 3.46. The number of benzene rings is 2. The lowest BCUT2D eigenvalue weighted by atomic mass is 10.0. The Morgan fingerprint density at radius 1 is 1.07 bits per heavy atom. The number of hydrogen-bond donors (Lipinski definition) is 1. The Labute approximate surface area is 159 Å². The number of para-hydroxylation sites is 1. The van der Waals surface area contributed by atoms with Gasteiger partial charge in [0.1, 0.15) is 5.82 Å². The summed E-state index contributed by atoms with van der Waals surface area (Å²) in [6.07, 6.45) is 2.20. The van der Waals surface area contributed by atoms with Gasteiger partial charge >= 0.3 is 0 Å². The maximum Gasteiger partial charge on any atom is 0.229 e. The van der Waals surface area contributed by atoms with Crippen molar-refractivity contribution in [1.82, 2.24) is 9.97 Å². The number of carbonyl (C=O) groups is 1. The highest BCUT2D eigenvalue weighted by atomic mass is 16.1. The van der Waals surface area contributed by atoms with Gasteiger partial charge in [-0.2, -0.15) is 4.98 Å². The van der Waals surface area contributed by atoms with Crippen molar-refractivity contribution in [3.05, 3.63) is 71.4 Å². The van der Waals surface area contributed by atoms with Crippen LogP contribution in [0.4, 0.5) is 23.1 Å². The molecule has 0 radical (unpaired) electrons. The number of hydrogen-bond acceptors (Lipinski definition) is 5. The van der Waals surface area contributed by atoms with E-state index in [9.17, 15) is 4.79 Å². The van der Waals surface area contributed by atoms with Gasteiger partial charge in [0.05, 0.1) is 0 Å². The van der Waals surface area contributed by atoms with Gasteiger partial charge in [-0.05, 0) is 50.5 Å². The minimum atomic E-state index is 0.0365. The van der Waals surface area contributed by atoms with Gasteiger partial charge < -0.3 is 10.2 Å². The normalized spacial score (nSPS) is 13.2. The lowest BCUT2D eigenvalue weighted by molar-refractivity contribution is 0.101. The summed E-state index contributed by atoms with van der Waals surface area (Å²) < 4.78 is 0. The molecule has 5 nitrogen and oxygen atoms in total. The molecule has 2 heterocycles. The number of aromatic nitrogens is 2. The van der Waals surface area contributed by atoms with Gasteiger partial charge in [-0.3, -0.25) is 4.79 Å². The summed E-state index contributed by atoms with van der Waals surface area (Å²) in [6, 6.07) is 17.9. The highest BCUT2D eigenvalue weighted by Gasteiger charge is 2.19. The van der Waals surface area contributed by atoms with Crippen molar-refractivity contribution in [3.63, 3.8) is 0 Å². The molecule has 2 aromatic carbocycles. The van der Waals surface area contributed by atoms with Crippen molar-refractivity contribution in [3.8, 4) is 0 Å². The smallest absolute Gasteiger partial charge is 0.229 e. The van der Waals surface area contributed by atoms with Crippen LogP contribution in [-0.2, 0) is 6.42 Å². The number of Topliss-reactive ketones (excluding diaryl/α,β-unsaturated/α-hetero) is 1. The number of anilines is 4. The summed E-state index contributed by atoms with van der Waals surface area (Å²) in [5.41, 5.74) is 4.93. The van der Waals surface area contributed by atoms with Crippen LogP contribution in [0.5, 0.6) is 0 Å². The molecule has 1 N–H and O–H groups in total. The first kappa shape index (κ1) is 17.2.